The van der Waals surface area contributed by atoms with Crippen LogP contribution in [0, 0.1) is 5.92 Å². The molecule has 1 amide bonds. The van der Waals surface area contributed by atoms with Gasteiger partial charge in [0, 0.05) is 5.33 Å². The highest BCUT2D eigenvalue weighted by atomic mass is 79.9. The molecule has 0 aliphatic carbocycles. The van der Waals surface area contributed by atoms with Crippen molar-refractivity contribution in [3.8, 4) is 0 Å². The molecule has 1 heterocycles. The fourth-order valence-electron chi connectivity index (χ4n) is 2.37. The second-order valence-electron chi connectivity index (χ2n) is 5.54. The zero-order valence-electron chi connectivity index (χ0n) is 12.2. The van der Waals surface area contributed by atoms with Crippen molar-refractivity contribution in [3.63, 3.8) is 0 Å². The molecule has 5 nitrogen and oxygen atoms in total. The summed E-state index contributed by atoms with van der Waals surface area (Å²) in [5.74, 6) is 1.05. The van der Waals surface area contributed by atoms with Crippen molar-refractivity contribution in [2.45, 2.75) is 32.7 Å². The number of imidazole rings is 1. The van der Waals surface area contributed by atoms with Crippen LogP contribution in [-0.2, 0) is 6.42 Å². The third kappa shape index (κ3) is 4.20. The van der Waals surface area contributed by atoms with Crippen molar-refractivity contribution in [2.75, 3.05) is 5.33 Å². The number of rotatable bonds is 6. The van der Waals surface area contributed by atoms with Crippen LogP contribution in [0.3, 0.4) is 0 Å². The Morgan fingerprint density at radius 3 is 2.86 bits per heavy atom. The summed E-state index contributed by atoms with van der Waals surface area (Å²) in [6.45, 7) is 4.13. The van der Waals surface area contributed by atoms with E-state index in [1.807, 2.05) is 6.07 Å². The number of benzene rings is 1. The van der Waals surface area contributed by atoms with Gasteiger partial charge in [-0.1, -0.05) is 35.8 Å². The van der Waals surface area contributed by atoms with Gasteiger partial charge in [-0.3, -0.25) is 0 Å². The molecular formula is C15H20BrN3O2. The number of hydrogen-bond acceptors (Lipinski definition) is 2. The topological polar surface area (TPSA) is 78.0 Å². The van der Waals surface area contributed by atoms with Gasteiger partial charge >= 0.3 is 6.09 Å². The number of alkyl halides is 1. The van der Waals surface area contributed by atoms with E-state index in [0.29, 0.717) is 18.2 Å². The van der Waals surface area contributed by atoms with Gasteiger partial charge in [0.2, 0.25) is 0 Å². The summed E-state index contributed by atoms with van der Waals surface area (Å²) in [5, 5.41) is 12.4. The predicted octanol–water partition coefficient (Wildman–Crippen LogP) is 3.86. The van der Waals surface area contributed by atoms with Crippen LogP contribution in [0.25, 0.3) is 11.0 Å². The lowest BCUT2D eigenvalue weighted by atomic mass is 10.0. The standard InChI is InChI=1S/C15H20BrN3O2/c1-9(2)7-13(19-15(20)21)14-17-11-4-3-10(5-6-16)8-12(11)18-14/h3-4,8-9,13,19H,5-7H2,1-2H3,(H,17,18)(H,20,21). The molecule has 0 radical (unpaired) electrons. The average molecular weight is 354 g/mol. The number of H-pyrrole nitrogens is 1. The highest BCUT2D eigenvalue weighted by Gasteiger charge is 2.19. The Morgan fingerprint density at radius 2 is 2.24 bits per heavy atom. The second-order valence-corrected chi connectivity index (χ2v) is 6.34. The Morgan fingerprint density at radius 1 is 1.48 bits per heavy atom. The van der Waals surface area contributed by atoms with Crippen LogP contribution in [0.4, 0.5) is 4.79 Å². The van der Waals surface area contributed by atoms with Gasteiger partial charge in [0.05, 0.1) is 17.1 Å². The number of carbonyl (C=O) groups is 1. The molecule has 114 valence electrons. The van der Waals surface area contributed by atoms with Gasteiger partial charge in [-0.15, -0.1) is 0 Å². The summed E-state index contributed by atoms with van der Waals surface area (Å²) in [6.07, 6.45) is 0.633. The van der Waals surface area contributed by atoms with Crippen LogP contribution in [0.2, 0.25) is 0 Å². The van der Waals surface area contributed by atoms with E-state index in [0.717, 1.165) is 22.8 Å². The van der Waals surface area contributed by atoms with E-state index in [2.05, 4.69) is 57.2 Å². The SMILES string of the molecule is CC(C)CC(NC(=O)O)c1nc2ccc(CCBr)cc2[nH]1. The smallest absolute Gasteiger partial charge is 0.405 e. The summed E-state index contributed by atoms with van der Waals surface area (Å²) in [5.41, 5.74) is 3.04. The highest BCUT2D eigenvalue weighted by Crippen LogP contribution is 2.22. The molecule has 2 rings (SSSR count). The quantitative estimate of drug-likeness (QED) is 0.690. The Labute approximate surface area is 132 Å². The molecule has 1 unspecified atom stereocenters. The van der Waals surface area contributed by atoms with Gasteiger partial charge in [0.1, 0.15) is 5.82 Å². The lowest BCUT2D eigenvalue weighted by molar-refractivity contribution is 0.187. The molecule has 21 heavy (non-hydrogen) atoms. The number of hydrogen-bond donors (Lipinski definition) is 3. The molecule has 1 aromatic heterocycles. The minimum absolute atomic E-state index is 0.311. The summed E-state index contributed by atoms with van der Waals surface area (Å²) in [4.78, 5) is 18.7. The maximum Gasteiger partial charge on any atom is 0.405 e. The van der Waals surface area contributed by atoms with Crippen LogP contribution in [-0.4, -0.2) is 26.5 Å². The molecule has 3 N–H and O–H groups in total. The van der Waals surface area contributed by atoms with Crippen molar-refractivity contribution in [2.24, 2.45) is 5.92 Å². The number of aromatic amines is 1. The van der Waals surface area contributed by atoms with Crippen molar-refractivity contribution in [1.82, 2.24) is 15.3 Å². The fraction of sp³-hybridized carbons (Fsp3) is 0.467. The second kappa shape index (κ2) is 6.93. The number of aryl methyl sites for hydroxylation is 1. The summed E-state index contributed by atoms with van der Waals surface area (Å²) in [7, 11) is 0. The molecule has 1 aromatic carbocycles. The van der Waals surface area contributed by atoms with Crippen LogP contribution in [0.15, 0.2) is 18.2 Å². The molecule has 0 fully saturated rings. The van der Waals surface area contributed by atoms with Crippen molar-refractivity contribution in [1.29, 1.82) is 0 Å². The van der Waals surface area contributed by atoms with E-state index in [1.165, 1.54) is 5.56 Å². The van der Waals surface area contributed by atoms with E-state index < -0.39 is 6.09 Å². The Kier molecular flexibility index (Phi) is 5.22. The average Bonchev–Trinajstić information content (AvgIpc) is 2.80. The van der Waals surface area contributed by atoms with Gasteiger partial charge in [0.25, 0.3) is 0 Å². The van der Waals surface area contributed by atoms with Gasteiger partial charge < -0.3 is 15.4 Å². The molecule has 0 saturated carbocycles. The first kappa shape index (κ1) is 15.8. The number of aromatic nitrogens is 2. The van der Waals surface area contributed by atoms with Crippen LogP contribution >= 0.6 is 15.9 Å². The van der Waals surface area contributed by atoms with E-state index >= 15 is 0 Å². The maximum atomic E-state index is 11.0. The maximum absolute atomic E-state index is 11.0. The molecule has 0 saturated heterocycles. The molecule has 1 atom stereocenters. The summed E-state index contributed by atoms with van der Waals surface area (Å²) >= 11 is 3.43. The lowest BCUT2D eigenvalue weighted by Gasteiger charge is -2.16. The molecule has 0 aliphatic rings. The number of halogens is 1. The molecular weight excluding hydrogens is 334 g/mol. The van der Waals surface area contributed by atoms with Gasteiger partial charge in [0.15, 0.2) is 0 Å². The van der Waals surface area contributed by atoms with Crippen LogP contribution in [0.1, 0.15) is 37.7 Å². The molecule has 2 aromatic rings. The highest BCUT2D eigenvalue weighted by molar-refractivity contribution is 9.09. The first-order valence-corrected chi connectivity index (χ1v) is 8.15. The minimum Gasteiger partial charge on any atom is -0.465 e. The molecule has 0 bridgehead atoms. The van der Waals surface area contributed by atoms with E-state index in [9.17, 15) is 4.79 Å². The van der Waals surface area contributed by atoms with Crippen molar-refractivity contribution >= 4 is 33.1 Å². The number of nitrogens with one attached hydrogen (secondary N) is 2. The Balaban J connectivity index is 2.31. The Bertz CT molecular complexity index is 624. The van der Waals surface area contributed by atoms with E-state index in [1.54, 1.807) is 0 Å². The van der Waals surface area contributed by atoms with E-state index in [4.69, 9.17) is 5.11 Å². The molecule has 0 spiro atoms. The first-order valence-electron chi connectivity index (χ1n) is 7.03. The first-order chi connectivity index (χ1) is 9.99. The van der Waals surface area contributed by atoms with E-state index in [-0.39, 0.29) is 6.04 Å². The summed E-state index contributed by atoms with van der Waals surface area (Å²) in [6, 6.07) is 5.78. The number of nitrogens with zero attached hydrogens (tertiary/aromatic N) is 1. The molecule has 6 heteroatoms. The Hall–Kier alpha value is -1.56. The largest absolute Gasteiger partial charge is 0.465 e. The zero-order valence-corrected chi connectivity index (χ0v) is 13.8. The minimum atomic E-state index is -1.03. The normalized spacial score (nSPS) is 12.8. The van der Waals surface area contributed by atoms with Gasteiger partial charge in [-0.25, -0.2) is 9.78 Å². The number of carboxylic acid groups (broad SMARTS) is 1. The summed E-state index contributed by atoms with van der Waals surface area (Å²) < 4.78 is 0. The zero-order chi connectivity index (χ0) is 15.4. The fourth-order valence-corrected chi connectivity index (χ4v) is 2.82. The predicted molar refractivity (Wildman–Crippen MR) is 86.9 cm³/mol. The van der Waals surface area contributed by atoms with Crippen LogP contribution < -0.4 is 5.32 Å². The van der Waals surface area contributed by atoms with Gasteiger partial charge in [-0.05, 0) is 36.5 Å². The van der Waals surface area contributed by atoms with Crippen molar-refractivity contribution < 1.29 is 9.90 Å². The van der Waals surface area contributed by atoms with Gasteiger partial charge in [-0.2, -0.15) is 0 Å². The monoisotopic (exact) mass is 353 g/mol. The third-order valence-corrected chi connectivity index (χ3v) is 3.68. The lowest BCUT2D eigenvalue weighted by Crippen LogP contribution is -2.28. The third-order valence-electron chi connectivity index (χ3n) is 3.28. The number of amides is 1. The van der Waals surface area contributed by atoms with Crippen molar-refractivity contribution in [3.05, 3.63) is 29.6 Å². The number of fused-ring (bicyclic) bond motifs is 1. The van der Waals surface area contributed by atoms with Crippen LogP contribution in [0.5, 0.6) is 0 Å². The molecule has 0 aliphatic heterocycles.